The maximum atomic E-state index is 12.4. The molecule has 3 amide bonds. The number of benzene rings is 2. The molecule has 0 saturated heterocycles. The van der Waals surface area contributed by atoms with Gasteiger partial charge in [0.05, 0.1) is 19.2 Å². The number of nitrogens with two attached hydrogens (primary N) is 1. The Balaban J connectivity index is 1.85. The van der Waals surface area contributed by atoms with Gasteiger partial charge >= 0.3 is 5.97 Å². The summed E-state index contributed by atoms with van der Waals surface area (Å²) < 4.78 is 0. The number of phenolic OH excluding ortho intramolecular Hbond substituents is 2. The van der Waals surface area contributed by atoms with E-state index in [-0.39, 0.29) is 24.3 Å². The third-order valence-electron chi connectivity index (χ3n) is 4.98. The molecule has 12 nitrogen and oxygen atoms in total. The van der Waals surface area contributed by atoms with Crippen LogP contribution in [0.3, 0.4) is 0 Å². The van der Waals surface area contributed by atoms with Gasteiger partial charge in [-0.3, -0.25) is 14.4 Å². The number of rotatable bonds is 12. The van der Waals surface area contributed by atoms with Gasteiger partial charge in [-0.15, -0.1) is 0 Å². The summed E-state index contributed by atoms with van der Waals surface area (Å²) in [6, 6.07) is 8.07. The summed E-state index contributed by atoms with van der Waals surface area (Å²) in [7, 11) is 0. The molecule has 35 heavy (non-hydrogen) atoms. The molecule has 0 aliphatic carbocycles. The average molecular weight is 488 g/mol. The summed E-state index contributed by atoms with van der Waals surface area (Å²) in [5.74, 6) is -3.61. The molecule has 0 fully saturated rings. The normalized spacial score (nSPS) is 13.2. The first kappa shape index (κ1) is 27.1. The number of amides is 3. The van der Waals surface area contributed by atoms with E-state index < -0.39 is 55.0 Å². The van der Waals surface area contributed by atoms with Gasteiger partial charge < -0.3 is 42.1 Å². The van der Waals surface area contributed by atoms with Crippen molar-refractivity contribution in [2.45, 2.75) is 31.0 Å². The number of aromatic hydroxyl groups is 2. The van der Waals surface area contributed by atoms with Gasteiger partial charge in [-0.25, -0.2) is 4.79 Å². The lowest BCUT2D eigenvalue weighted by molar-refractivity contribution is -0.142. The maximum Gasteiger partial charge on any atom is 0.326 e. The molecule has 2 aromatic carbocycles. The minimum atomic E-state index is -1.45. The van der Waals surface area contributed by atoms with Crippen LogP contribution < -0.4 is 21.7 Å². The molecule has 0 saturated carbocycles. The molecule has 2 aromatic rings. The van der Waals surface area contributed by atoms with Crippen molar-refractivity contribution in [2.24, 2.45) is 5.73 Å². The Hall–Kier alpha value is -4.16. The summed E-state index contributed by atoms with van der Waals surface area (Å²) in [5, 5.41) is 44.3. The van der Waals surface area contributed by atoms with Gasteiger partial charge in [0, 0.05) is 6.42 Å². The summed E-state index contributed by atoms with van der Waals surface area (Å²) >= 11 is 0. The van der Waals surface area contributed by atoms with Gasteiger partial charge in [0.1, 0.15) is 23.6 Å². The molecule has 0 spiro atoms. The third kappa shape index (κ3) is 8.95. The van der Waals surface area contributed by atoms with Crippen LogP contribution in [0.1, 0.15) is 11.1 Å². The SMILES string of the molecule is NC(Cc1ccc(O)cc1)C(=O)NCC(=O)NC(CO)C(=O)NC(Cc1ccc(O)cc1)C(=O)O. The number of nitrogens with one attached hydrogen (secondary N) is 3. The van der Waals surface area contributed by atoms with Crippen LogP contribution in [-0.2, 0) is 32.0 Å². The molecule has 0 heterocycles. The van der Waals surface area contributed by atoms with E-state index in [1.165, 1.54) is 36.4 Å². The highest BCUT2D eigenvalue weighted by atomic mass is 16.4. The highest BCUT2D eigenvalue weighted by Gasteiger charge is 2.26. The van der Waals surface area contributed by atoms with E-state index in [1.54, 1.807) is 12.1 Å². The summed E-state index contributed by atoms with van der Waals surface area (Å²) in [4.78, 5) is 48.3. The standard InChI is InChI=1S/C23H28N4O8/c24-17(9-13-1-5-15(29)6-2-13)21(32)25-11-20(31)26-19(12-28)22(33)27-18(23(34)35)10-14-3-7-16(30)8-4-14/h1-8,17-19,28-30H,9-12,24H2,(H,25,32)(H,26,31)(H,27,33)(H,34,35). The van der Waals surface area contributed by atoms with Crippen LogP contribution in [0, 0.1) is 0 Å². The first-order valence-corrected chi connectivity index (χ1v) is 10.6. The molecular formula is C23H28N4O8. The largest absolute Gasteiger partial charge is 0.508 e. The van der Waals surface area contributed by atoms with Crippen LogP contribution in [-0.4, -0.2) is 75.4 Å². The van der Waals surface area contributed by atoms with Crippen LogP contribution in [0.25, 0.3) is 0 Å². The van der Waals surface area contributed by atoms with Crippen LogP contribution in [0.4, 0.5) is 0 Å². The lowest BCUT2D eigenvalue weighted by Gasteiger charge is -2.20. The van der Waals surface area contributed by atoms with Crippen molar-refractivity contribution in [1.29, 1.82) is 0 Å². The number of aliphatic carboxylic acids is 1. The number of aliphatic hydroxyl groups is 1. The third-order valence-corrected chi connectivity index (χ3v) is 4.98. The number of carboxylic acids is 1. The Bertz CT molecular complexity index is 1030. The molecule has 0 aromatic heterocycles. The Morgan fingerprint density at radius 3 is 1.77 bits per heavy atom. The fraction of sp³-hybridized carbons (Fsp3) is 0.304. The number of carboxylic acid groups (broad SMARTS) is 1. The molecule has 0 aliphatic rings. The fourth-order valence-electron chi connectivity index (χ4n) is 3.06. The van der Waals surface area contributed by atoms with Crippen molar-refractivity contribution in [3.05, 3.63) is 59.7 Å². The highest BCUT2D eigenvalue weighted by molar-refractivity contribution is 5.92. The van der Waals surface area contributed by atoms with Crippen molar-refractivity contribution < 1.29 is 39.6 Å². The smallest absolute Gasteiger partial charge is 0.326 e. The first-order valence-electron chi connectivity index (χ1n) is 10.6. The van der Waals surface area contributed by atoms with Gasteiger partial charge in [-0.1, -0.05) is 24.3 Å². The quantitative estimate of drug-likeness (QED) is 0.172. The van der Waals surface area contributed by atoms with E-state index in [0.29, 0.717) is 11.1 Å². The number of carbonyl (C=O) groups excluding carboxylic acids is 3. The van der Waals surface area contributed by atoms with Crippen molar-refractivity contribution in [3.8, 4) is 11.5 Å². The number of hydrogen-bond donors (Lipinski definition) is 8. The predicted octanol–water partition coefficient (Wildman–Crippen LogP) is -1.63. The minimum Gasteiger partial charge on any atom is -0.508 e. The molecule has 9 N–H and O–H groups in total. The second-order valence-corrected chi connectivity index (χ2v) is 7.77. The number of carbonyl (C=O) groups is 4. The molecule has 2 rings (SSSR count). The van der Waals surface area contributed by atoms with Gasteiger partial charge in [-0.2, -0.15) is 0 Å². The van der Waals surface area contributed by atoms with Crippen LogP contribution >= 0.6 is 0 Å². The first-order chi connectivity index (χ1) is 16.6. The Morgan fingerprint density at radius 2 is 1.29 bits per heavy atom. The molecule has 188 valence electrons. The summed E-state index contributed by atoms with van der Waals surface area (Å²) in [6.45, 7) is -1.33. The zero-order valence-electron chi connectivity index (χ0n) is 18.7. The molecule has 3 unspecified atom stereocenters. The molecule has 0 radical (unpaired) electrons. The second-order valence-electron chi connectivity index (χ2n) is 7.77. The Morgan fingerprint density at radius 1 is 0.771 bits per heavy atom. The topological polar surface area (TPSA) is 211 Å². The van der Waals surface area contributed by atoms with E-state index in [1.807, 2.05) is 0 Å². The molecular weight excluding hydrogens is 460 g/mol. The van der Waals surface area contributed by atoms with Crippen molar-refractivity contribution in [3.63, 3.8) is 0 Å². The van der Waals surface area contributed by atoms with Crippen molar-refractivity contribution in [1.82, 2.24) is 16.0 Å². The monoisotopic (exact) mass is 488 g/mol. The van der Waals surface area contributed by atoms with Gasteiger partial charge in [0.15, 0.2) is 0 Å². The van der Waals surface area contributed by atoms with Crippen molar-refractivity contribution in [2.75, 3.05) is 13.2 Å². The van der Waals surface area contributed by atoms with Crippen LogP contribution in [0.2, 0.25) is 0 Å². The molecule has 3 atom stereocenters. The van der Waals surface area contributed by atoms with E-state index in [2.05, 4.69) is 16.0 Å². The molecule has 0 aliphatic heterocycles. The van der Waals surface area contributed by atoms with Crippen LogP contribution in [0.5, 0.6) is 11.5 Å². The lowest BCUT2D eigenvalue weighted by Crippen LogP contribution is -2.55. The van der Waals surface area contributed by atoms with E-state index in [9.17, 15) is 39.6 Å². The highest BCUT2D eigenvalue weighted by Crippen LogP contribution is 2.12. The second kappa shape index (κ2) is 12.9. The summed E-state index contributed by atoms with van der Waals surface area (Å²) in [6.07, 6.45) is 0.0649. The van der Waals surface area contributed by atoms with E-state index in [0.717, 1.165) is 0 Å². The summed E-state index contributed by atoms with van der Waals surface area (Å²) in [5.41, 5.74) is 7.06. The predicted molar refractivity (Wildman–Crippen MR) is 123 cm³/mol. The minimum absolute atomic E-state index is 0.00104. The molecule has 0 bridgehead atoms. The maximum absolute atomic E-state index is 12.4. The number of hydrogen-bond acceptors (Lipinski definition) is 8. The van der Waals surface area contributed by atoms with E-state index >= 15 is 0 Å². The average Bonchev–Trinajstić information content (AvgIpc) is 2.83. The van der Waals surface area contributed by atoms with Gasteiger partial charge in [0.25, 0.3) is 0 Å². The number of aliphatic hydroxyl groups excluding tert-OH is 1. The van der Waals surface area contributed by atoms with Crippen LogP contribution in [0.15, 0.2) is 48.5 Å². The Labute approximate surface area is 200 Å². The lowest BCUT2D eigenvalue weighted by atomic mass is 10.1. The molecule has 12 heteroatoms. The van der Waals surface area contributed by atoms with Gasteiger partial charge in [0.2, 0.25) is 17.7 Å². The van der Waals surface area contributed by atoms with E-state index in [4.69, 9.17) is 5.73 Å². The van der Waals surface area contributed by atoms with Gasteiger partial charge in [-0.05, 0) is 41.8 Å². The Kier molecular flexibility index (Phi) is 9.99. The zero-order valence-corrected chi connectivity index (χ0v) is 18.7. The van der Waals surface area contributed by atoms with Crippen molar-refractivity contribution >= 4 is 23.7 Å². The fourth-order valence-corrected chi connectivity index (χ4v) is 3.06. The number of phenols is 2. The zero-order chi connectivity index (χ0) is 26.0.